The number of piperidine rings is 1. The van der Waals surface area contributed by atoms with Gasteiger partial charge in [0.05, 0.1) is 5.41 Å². The van der Waals surface area contributed by atoms with E-state index in [2.05, 4.69) is 23.1 Å². The van der Waals surface area contributed by atoms with E-state index in [1.165, 1.54) is 24.9 Å². The van der Waals surface area contributed by atoms with E-state index in [4.69, 9.17) is 9.90 Å². The van der Waals surface area contributed by atoms with E-state index in [1.54, 1.807) is 0 Å². The predicted molar refractivity (Wildman–Crippen MR) is 93.6 cm³/mol. The smallest absolute Gasteiger partial charge is 0.475 e. The Bertz CT molecular complexity index is 723. The van der Waals surface area contributed by atoms with Crippen molar-refractivity contribution < 1.29 is 27.9 Å². The lowest BCUT2D eigenvalue weighted by Crippen LogP contribution is -2.48. The molecule has 3 aliphatic rings. The van der Waals surface area contributed by atoms with Crippen molar-refractivity contribution in [2.45, 2.75) is 37.3 Å². The average Bonchev–Trinajstić information content (AvgIpc) is 3.42. The predicted octanol–water partition coefficient (Wildman–Crippen LogP) is 3.04. The van der Waals surface area contributed by atoms with Gasteiger partial charge in [0.1, 0.15) is 0 Å². The lowest BCUT2D eigenvalue weighted by molar-refractivity contribution is -0.192. The van der Waals surface area contributed by atoms with Crippen molar-refractivity contribution in [3.8, 4) is 0 Å². The van der Waals surface area contributed by atoms with Crippen molar-refractivity contribution in [3.63, 3.8) is 0 Å². The molecule has 2 heterocycles. The highest BCUT2D eigenvalue weighted by Gasteiger charge is 2.50. The molecule has 1 amide bonds. The Balaban J connectivity index is 0.000000260. The maximum Gasteiger partial charge on any atom is 0.490 e. The molecular formula is C19H23F3N2O3. The van der Waals surface area contributed by atoms with Crippen LogP contribution in [-0.2, 0) is 15.0 Å². The first kappa shape index (κ1) is 19.7. The molecule has 148 valence electrons. The number of amides is 1. The fourth-order valence-corrected chi connectivity index (χ4v) is 3.98. The molecule has 0 aromatic heterocycles. The normalized spacial score (nSPS) is 21.6. The first-order chi connectivity index (χ1) is 12.6. The molecule has 27 heavy (non-hydrogen) atoms. The number of halogens is 3. The van der Waals surface area contributed by atoms with E-state index < -0.39 is 12.1 Å². The van der Waals surface area contributed by atoms with Gasteiger partial charge in [-0.3, -0.25) is 4.79 Å². The number of benzene rings is 1. The number of aliphatic carboxylic acids is 1. The van der Waals surface area contributed by atoms with Crippen LogP contribution in [0.3, 0.4) is 0 Å². The average molecular weight is 384 g/mol. The van der Waals surface area contributed by atoms with Crippen LogP contribution in [0, 0.1) is 5.92 Å². The summed E-state index contributed by atoms with van der Waals surface area (Å²) in [6.45, 7) is 3.40. The number of carboxylic acid groups (broad SMARTS) is 1. The Labute approximate surface area is 155 Å². The number of carboxylic acids is 1. The van der Waals surface area contributed by atoms with E-state index >= 15 is 0 Å². The number of likely N-dealkylation sites (tertiary alicyclic amines) is 1. The third-order valence-corrected chi connectivity index (χ3v) is 5.66. The van der Waals surface area contributed by atoms with Crippen LogP contribution in [0.4, 0.5) is 18.9 Å². The van der Waals surface area contributed by atoms with Crippen molar-refractivity contribution in [3.05, 3.63) is 29.8 Å². The number of para-hydroxylation sites is 1. The summed E-state index contributed by atoms with van der Waals surface area (Å²) < 4.78 is 31.7. The summed E-state index contributed by atoms with van der Waals surface area (Å²) in [4.78, 5) is 26.1. The fourth-order valence-electron chi connectivity index (χ4n) is 3.98. The number of nitrogens with zero attached hydrogens (tertiary/aromatic N) is 2. The number of hydrogen-bond acceptors (Lipinski definition) is 3. The van der Waals surface area contributed by atoms with Crippen molar-refractivity contribution in [1.82, 2.24) is 4.90 Å². The molecule has 4 rings (SSSR count). The molecule has 1 aliphatic carbocycles. The standard InChI is InChI=1S/C17H22N2O.C2HF3O2/c1-18-15-5-3-2-4-14(15)17(16(18)20)8-10-19(11-9-17)12-13-6-7-13;3-2(4,5)1(6)7/h2-5,13H,6-12H2,1H3;(H,6,7). The molecule has 5 nitrogen and oxygen atoms in total. The van der Waals surface area contributed by atoms with Gasteiger partial charge < -0.3 is 14.9 Å². The van der Waals surface area contributed by atoms with Crippen LogP contribution in [-0.4, -0.2) is 54.7 Å². The highest BCUT2D eigenvalue weighted by atomic mass is 19.4. The molecule has 1 aromatic carbocycles. The van der Waals surface area contributed by atoms with Crippen molar-refractivity contribution in [2.75, 3.05) is 31.6 Å². The lowest BCUT2D eigenvalue weighted by Gasteiger charge is -2.38. The minimum Gasteiger partial charge on any atom is -0.475 e. The van der Waals surface area contributed by atoms with Gasteiger partial charge in [0, 0.05) is 19.3 Å². The maximum atomic E-state index is 12.8. The third-order valence-electron chi connectivity index (χ3n) is 5.66. The fraction of sp³-hybridized carbons (Fsp3) is 0.579. The molecule has 2 fully saturated rings. The quantitative estimate of drug-likeness (QED) is 0.852. The zero-order valence-corrected chi connectivity index (χ0v) is 15.1. The van der Waals surface area contributed by atoms with Gasteiger partial charge in [0.15, 0.2) is 0 Å². The Morgan fingerprint density at radius 2 is 1.78 bits per heavy atom. The van der Waals surface area contributed by atoms with Gasteiger partial charge in [-0.05, 0) is 56.3 Å². The maximum absolute atomic E-state index is 12.8. The Kier molecular flexibility index (Phi) is 5.20. The van der Waals surface area contributed by atoms with E-state index in [0.717, 1.165) is 37.5 Å². The van der Waals surface area contributed by atoms with Crippen LogP contribution >= 0.6 is 0 Å². The summed E-state index contributed by atoms with van der Waals surface area (Å²) in [5.41, 5.74) is 2.15. The number of likely N-dealkylation sites (N-methyl/N-ethyl adjacent to an activating group) is 1. The van der Waals surface area contributed by atoms with Crippen LogP contribution in [0.5, 0.6) is 0 Å². The molecule has 0 bridgehead atoms. The van der Waals surface area contributed by atoms with Crippen molar-refractivity contribution in [1.29, 1.82) is 0 Å². The van der Waals surface area contributed by atoms with E-state index in [9.17, 15) is 18.0 Å². The molecular weight excluding hydrogens is 361 g/mol. The first-order valence-electron chi connectivity index (χ1n) is 9.05. The second-order valence-corrected chi connectivity index (χ2v) is 7.51. The number of alkyl halides is 3. The van der Waals surface area contributed by atoms with Crippen LogP contribution in [0.25, 0.3) is 0 Å². The SMILES string of the molecule is CN1C(=O)C2(CCN(CC3CC3)CC2)c2ccccc21.O=C(O)C(F)(F)F. The Morgan fingerprint density at radius 1 is 1.22 bits per heavy atom. The van der Waals surface area contributed by atoms with E-state index in [1.807, 2.05) is 18.0 Å². The number of fused-ring (bicyclic) bond motifs is 2. The summed E-state index contributed by atoms with van der Waals surface area (Å²) in [7, 11) is 1.92. The van der Waals surface area contributed by atoms with Crippen molar-refractivity contribution in [2.24, 2.45) is 5.92 Å². The van der Waals surface area contributed by atoms with E-state index in [0.29, 0.717) is 5.91 Å². The van der Waals surface area contributed by atoms with Crippen LogP contribution < -0.4 is 4.90 Å². The molecule has 0 atom stereocenters. The van der Waals surface area contributed by atoms with Crippen LogP contribution in [0.1, 0.15) is 31.2 Å². The zero-order valence-electron chi connectivity index (χ0n) is 15.1. The van der Waals surface area contributed by atoms with Crippen molar-refractivity contribution >= 4 is 17.6 Å². The molecule has 2 aliphatic heterocycles. The van der Waals surface area contributed by atoms with Gasteiger partial charge in [-0.15, -0.1) is 0 Å². The summed E-state index contributed by atoms with van der Waals surface area (Å²) in [5, 5.41) is 7.12. The molecule has 0 radical (unpaired) electrons. The Hall–Kier alpha value is -2.09. The van der Waals surface area contributed by atoms with Gasteiger partial charge >= 0.3 is 12.1 Å². The molecule has 1 spiro atoms. The van der Waals surface area contributed by atoms with Gasteiger partial charge in [-0.1, -0.05) is 18.2 Å². The van der Waals surface area contributed by atoms with E-state index in [-0.39, 0.29) is 5.41 Å². The number of carbonyl (C=O) groups is 2. The lowest BCUT2D eigenvalue weighted by atomic mass is 9.73. The van der Waals surface area contributed by atoms with Gasteiger partial charge in [-0.25, -0.2) is 4.79 Å². The minimum atomic E-state index is -5.08. The molecule has 1 N–H and O–H groups in total. The number of hydrogen-bond donors (Lipinski definition) is 1. The Morgan fingerprint density at radius 3 is 2.30 bits per heavy atom. The minimum absolute atomic E-state index is 0.231. The molecule has 8 heteroatoms. The highest BCUT2D eigenvalue weighted by molar-refractivity contribution is 6.07. The number of anilines is 1. The summed E-state index contributed by atoms with van der Waals surface area (Å²) >= 11 is 0. The summed E-state index contributed by atoms with van der Waals surface area (Å²) in [6, 6.07) is 8.35. The summed E-state index contributed by atoms with van der Waals surface area (Å²) in [5.74, 6) is -1.50. The van der Waals surface area contributed by atoms with Crippen LogP contribution in [0.15, 0.2) is 24.3 Å². The zero-order chi connectivity index (χ0) is 19.8. The monoisotopic (exact) mass is 384 g/mol. The van der Waals surface area contributed by atoms with Gasteiger partial charge in [0.25, 0.3) is 0 Å². The largest absolute Gasteiger partial charge is 0.490 e. The number of carbonyl (C=O) groups excluding carboxylic acids is 1. The summed E-state index contributed by atoms with van der Waals surface area (Å²) in [6.07, 6.45) is -0.294. The van der Waals surface area contributed by atoms with Crippen LogP contribution in [0.2, 0.25) is 0 Å². The molecule has 1 aromatic rings. The topological polar surface area (TPSA) is 60.9 Å². The highest BCUT2D eigenvalue weighted by Crippen LogP contribution is 2.47. The first-order valence-corrected chi connectivity index (χ1v) is 9.05. The van der Waals surface area contributed by atoms with Gasteiger partial charge in [0.2, 0.25) is 5.91 Å². The molecule has 0 unspecified atom stereocenters. The second kappa shape index (κ2) is 7.14. The van der Waals surface area contributed by atoms with Gasteiger partial charge in [-0.2, -0.15) is 13.2 Å². The second-order valence-electron chi connectivity index (χ2n) is 7.51. The molecule has 1 saturated heterocycles. The number of rotatable bonds is 2. The third kappa shape index (κ3) is 3.95. The molecule has 1 saturated carbocycles.